The Labute approximate surface area is 89.4 Å². The molecule has 0 saturated heterocycles. The maximum atomic E-state index is 9.42. The van der Waals surface area contributed by atoms with Crippen LogP contribution in [0.15, 0.2) is 18.2 Å². The van der Waals surface area contributed by atoms with E-state index in [1.54, 1.807) is 0 Å². The number of imidazole rings is 1. The Bertz CT molecular complexity index is 486. The van der Waals surface area contributed by atoms with Gasteiger partial charge in [-0.25, -0.2) is 4.98 Å². The van der Waals surface area contributed by atoms with E-state index in [0.717, 1.165) is 22.7 Å². The highest BCUT2D eigenvalue weighted by molar-refractivity contribution is 5.45. The van der Waals surface area contributed by atoms with Gasteiger partial charge in [0.05, 0.1) is 18.0 Å². The molecule has 0 amide bonds. The van der Waals surface area contributed by atoms with Crippen LogP contribution in [-0.4, -0.2) is 14.5 Å². The van der Waals surface area contributed by atoms with Crippen LogP contribution in [0.3, 0.4) is 0 Å². The number of hydrogen-bond donors (Lipinski definition) is 1. The predicted octanol–water partition coefficient (Wildman–Crippen LogP) is 2.26. The number of aliphatic hydroxyl groups is 1. The van der Waals surface area contributed by atoms with Crippen molar-refractivity contribution in [2.75, 3.05) is 0 Å². The molecule has 1 N–H and O–H groups in total. The Morgan fingerprint density at radius 1 is 1.40 bits per heavy atom. The molecule has 3 heteroatoms. The first-order valence-corrected chi connectivity index (χ1v) is 5.23. The SMILES string of the molecule is Cc1cccc2nc(C(C)C)c(CO)n12. The molecular formula is C12H16N2O. The maximum absolute atomic E-state index is 9.42. The van der Waals surface area contributed by atoms with Gasteiger partial charge in [-0.05, 0) is 25.0 Å². The van der Waals surface area contributed by atoms with E-state index in [-0.39, 0.29) is 6.61 Å². The lowest BCUT2D eigenvalue weighted by atomic mass is 10.1. The summed E-state index contributed by atoms with van der Waals surface area (Å²) in [7, 11) is 0. The lowest BCUT2D eigenvalue weighted by Crippen LogP contribution is -2.00. The summed E-state index contributed by atoms with van der Waals surface area (Å²) < 4.78 is 2.02. The first kappa shape index (κ1) is 10.2. The Morgan fingerprint density at radius 3 is 2.73 bits per heavy atom. The molecule has 0 aliphatic heterocycles. The minimum absolute atomic E-state index is 0.0412. The number of nitrogens with zero attached hydrogens (tertiary/aromatic N) is 2. The molecule has 0 saturated carbocycles. The number of aromatic nitrogens is 2. The van der Waals surface area contributed by atoms with Gasteiger partial charge in [-0.3, -0.25) is 4.40 Å². The van der Waals surface area contributed by atoms with Gasteiger partial charge in [-0.2, -0.15) is 0 Å². The van der Waals surface area contributed by atoms with Crippen LogP contribution in [0, 0.1) is 6.92 Å². The lowest BCUT2D eigenvalue weighted by Gasteiger charge is -2.05. The zero-order chi connectivity index (χ0) is 11.0. The monoisotopic (exact) mass is 204 g/mol. The molecule has 0 aromatic carbocycles. The summed E-state index contributed by atoms with van der Waals surface area (Å²) in [6.07, 6.45) is 0. The first-order valence-electron chi connectivity index (χ1n) is 5.23. The molecule has 0 fully saturated rings. The molecule has 0 aliphatic rings. The molecule has 0 atom stereocenters. The van der Waals surface area contributed by atoms with Crippen molar-refractivity contribution < 1.29 is 5.11 Å². The minimum atomic E-state index is 0.0412. The van der Waals surface area contributed by atoms with Crippen molar-refractivity contribution in [3.63, 3.8) is 0 Å². The van der Waals surface area contributed by atoms with Crippen LogP contribution >= 0.6 is 0 Å². The quantitative estimate of drug-likeness (QED) is 0.814. The van der Waals surface area contributed by atoms with Crippen molar-refractivity contribution in [1.82, 2.24) is 9.38 Å². The summed E-state index contributed by atoms with van der Waals surface area (Å²) >= 11 is 0. The zero-order valence-electron chi connectivity index (χ0n) is 9.36. The Morgan fingerprint density at radius 2 is 2.13 bits per heavy atom. The summed E-state index contributed by atoms with van der Waals surface area (Å²) in [4.78, 5) is 4.55. The molecule has 2 rings (SSSR count). The standard InChI is InChI=1S/C12H16N2O/c1-8(2)12-10(7-15)14-9(3)5-4-6-11(14)13-12/h4-6,8,15H,7H2,1-3H3. The number of aliphatic hydroxyl groups excluding tert-OH is 1. The van der Waals surface area contributed by atoms with Crippen LogP contribution in [0.4, 0.5) is 0 Å². The maximum Gasteiger partial charge on any atom is 0.137 e. The molecule has 2 heterocycles. The first-order chi connectivity index (χ1) is 7.15. The number of aryl methyl sites for hydroxylation is 1. The molecular weight excluding hydrogens is 188 g/mol. The molecule has 2 aromatic heterocycles. The van der Waals surface area contributed by atoms with Gasteiger partial charge in [0.1, 0.15) is 5.65 Å². The van der Waals surface area contributed by atoms with E-state index in [1.807, 2.05) is 29.5 Å². The van der Waals surface area contributed by atoms with Crippen molar-refractivity contribution in [3.8, 4) is 0 Å². The lowest BCUT2D eigenvalue weighted by molar-refractivity contribution is 0.273. The van der Waals surface area contributed by atoms with Crippen molar-refractivity contribution in [1.29, 1.82) is 0 Å². The van der Waals surface area contributed by atoms with Crippen LogP contribution < -0.4 is 0 Å². The number of hydrogen-bond acceptors (Lipinski definition) is 2. The van der Waals surface area contributed by atoms with Gasteiger partial charge >= 0.3 is 0 Å². The molecule has 0 spiro atoms. The van der Waals surface area contributed by atoms with Crippen LogP contribution in [0.5, 0.6) is 0 Å². The Balaban J connectivity index is 2.80. The summed E-state index contributed by atoms with van der Waals surface area (Å²) in [6, 6.07) is 5.99. The summed E-state index contributed by atoms with van der Waals surface area (Å²) in [5.41, 5.74) is 3.93. The number of pyridine rings is 1. The second-order valence-corrected chi connectivity index (χ2v) is 4.12. The molecule has 15 heavy (non-hydrogen) atoms. The highest BCUT2D eigenvalue weighted by atomic mass is 16.3. The van der Waals surface area contributed by atoms with Crippen molar-refractivity contribution in [2.24, 2.45) is 0 Å². The molecule has 0 bridgehead atoms. The average molecular weight is 204 g/mol. The topological polar surface area (TPSA) is 37.5 Å². The fraction of sp³-hybridized carbons (Fsp3) is 0.417. The summed E-state index contributed by atoms with van der Waals surface area (Å²) in [5.74, 6) is 0.339. The van der Waals surface area contributed by atoms with Gasteiger partial charge in [0.15, 0.2) is 0 Å². The van der Waals surface area contributed by atoms with E-state index < -0.39 is 0 Å². The van der Waals surface area contributed by atoms with Gasteiger partial charge in [0.2, 0.25) is 0 Å². The van der Waals surface area contributed by atoms with Crippen LogP contribution in [0.1, 0.15) is 36.8 Å². The molecule has 0 radical (unpaired) electrons. The third-order valence-electron chi connectivity index (χ3n) is 2.66. The third-order valence-corrected chi connectivity index (χ3v) is 2.66. The van der Waals surface area contributed by atoms with E-state index in [2.05, 4.69) is 18.8 Å². The van der Waals surface area contributed by atoms with Crippen molar-refractivity contribution in [3.05, 3.63) is 35.3 Å². The van der Waals surface area contributed by atoms with Crippen LogP contribution in [0.2, 0.25) is 0 Å². The average Bonchev–Trinajstić information content (AvgIpc) is 2.57. The molecule has 0 aliphatic carbocycles. The summed E-state index contributed by atoms with van der Waals surface area (Å²) in [5, 5.41) is 9.42. The second-order valence-electron chi connectivity index (χ2n) is 4.12. The zero-order valence-corrected chi connectivity index (χ0v) is 9.36. The fourth-order valence-corrected chi connectivity index (χ4v) is 1.96. The highest BCUT2D eigenvalue weighted by Gasteiger charge is 2.14. The molecule has 80 valence electrons. The third kappa shape index (κ3) is 1.53. The molecule has 3 nitrogen and oxygen atoms in total. The van der Waals surface area contributed by atoms with E-state index in [4.69, 9.17) is 0 Å². The fourth-order valence-electron chi connectivity index (χ4n) is 1.96. The van der Waals surface area contributed by atoms with Gasteiger partial charge < -0.3 is 5.11 Å². The largest absolute Gasteiger partial charge is 0.390 e. The van der Waals surface area contributed by atoms with E-state index in [9.17, 15) is 5.11 Å². The number of rotatable bonds is 2. The number of fused-ring (bicyclic) bond motifs is 1. The van der Waals surface area contributed by atoms with Crippen LogP contribution in [-0.2, 0) is 6.61 Å². The van der Waals surface area contributed by atoms with E-state index >= 15 is 0 Å². The Hall–Kier alpha value is -1.35. The minimum Gasteiger partial charge on any atom is -0.390 e. The normalized spacial score (nSPS) is 11.5. The van der Waals surface area contributed by atoms with Gasteiger partial charge in [0, 0.05) is 5.69 Å². The molecule has 0 unspecified atom stereocenters. The van der Waals surface area contributed by atoms with Crippen molar-refractivity contribution >= 4 is 5.65 Å². The van der Waals surface area contributed by atoms with Gasteiger partial charge in [-0.1, -0.05) is 19.9 Å². The highest BCUT2D eigenvalue weighted by Crippen LogP contribution is 2.21. The van der Waals surface area contributed by atoms with Gasteiger partial charge in [-0.15, -0.1) is 0 Å². The van der Waals surface area contributed by atoms with Crippen LogP contribution in [0.25, 0.3) is 5.65 Å². The van der Waals surface area contributed by atoms with Gasteiger partial charge in [0.25, 0.3) is 0 Å². The predicted molar refractivity (Wildman–Crippen MR) is 59.9 cm³/mol. The van der Waals surface area contributed by atoms with E-state index in [1.165, 1.54) is 0 Å². The summed E-state index contributed by atoms with van der Waals surface area (Å²) in [6.45, 7) is 6.25. The Kier molecular flexibility index (Phi) is 2.49. The smallest absolute Gasteiger partial charge is 0.137 e. The van der Waals surface area contributed by atoms with Crippen molar-refractivity contribution in [2.45, 2.75) is 33.3 Å². The second kappa shape index (κ2) is 3.66. The molecule has 2 aromatic rings. The van der Waals surface area contributed by atoms with E-state index in [0.29, 0.717) is 5.92 Å².